The van der Waals surface area contributed by atoms with E-state index in [2.05, 4.69) is 29.4 Å². The lowest BCUT2D eigenvalue weighted by atomic mass is 9.88. The summed E-state index contributed by atoms with van der Waals surface area (Å²) in [5.74, 6) is 0.580. The average molecular weight is 262 g/mol. The van der Waals surface area contributed by atoms with E-state index in [1.165, 1.54) is 11.1 Å². The molecule has 2 aromatic rings. The molecule has 0 radical (unpaired) electrons. The minimum atomic E-state index is 0.223. The number of hydrogen-bond acceptors (Lipinski definition) is 2. The molecule has 18 heavy (non-hydrogen) atoms. The first kappa shape index (κ1) is 11.6. The van der Waals surface area contributed by atoms with Gasteiger partial charge in [0.25, 0.3) is 0 Å². The number of fused-ring (bicyclic) bond motifs is 1. The third-order valence-electron chi connectivity index (χ3n) is 3.68. The topological polar surface area (TPSA) is 43.8 Å². The summed E-state index contributed by atoms with van der Waals surface area (Å²) in [4.78, 5) is 0. The Labute approximate surface area is 112 Å². The largest absolute Gasteiger partial charge is 0.383 e. The number of nitrogens with two attached hydrogens (primary N) is 1. The molecule has 1 aliphatic rings. The zero-order valence-corrected chi connectivity index (χ0v) is 11.1. The number of nitrogens with zero attached hydrogens (tertiary/aromatic N) is 2. The minimum Gasteiger partial charge on any atom is -0.383 e. The lowest BCUT2D eigenvalue weighted by molar-refractivity contribution is 0.454. The Bertz CT molecular complexity index is 589. The molecule has 3 rings (SSSR count). The molecule has 94 valence electrons. The highest BCUT2D eigenvalue weighted by atomic mass is 35.5. The number of aryl methyl sites for hydroxylation is 2. The Balaban J connectivity index is 2.11. The van der Waals surface area contributed by atoms with Crippen LogP contribution < -0.4 is 5.73 Å². The van der Waals surface area contributed by atoms with E-state index in [0.717, 1.165) is 25.0 Å². The number of nitrogen functional groups attached to an aromatic ring is 1. The van der Waals surface area contributed by atoms with Crippen LogP contribution in [0.25, 0.3) is 0 Å². The van der Waals surface area contributed by atoms with Crippen LogP contribution in [0.1, 0.15) is 35.7 Å². The third-order valence-corrected chi connectivity index (χ3v) is 4.15. The molecule has 0 fully saturated rings. The van der Waals surface area contributed by atoms with Gasteiger partial charge in [-0.2, -0.15) is 5.10 Å². The van der Waals surface area contributed by atoms with E-state index in [4.69, 9.17) is 17.3 Å². The fraction of sp³-hybridized carbons (Fsp3) is 0.357. The molecule has 1 aromatic carbocycles. The molecule has 3 nitrogen and oxygen atoms in total. The number of rotatable bonds is 1. The van der Waals surface area contributed by atoms with Crippen LogP contribution in [0.3, 0.4) is 0 Å². The molecule has 0 amide bonds. The second kappa shape index (κ2) is 4.32. The van der Waals surface area contributed by atoms with E-state index < -0.39 is 0 Å². The second-order valence-electron chi connectivity index (χ2n) is 4.84. The molecule has 1 aromatic heterocycles. The highest BCUT2D eigenvalue weighted by molar-refractivity contribution is 6.33. The molecule has 1 unspecified atom stereocenters. The second-order valence-corrected chi connectivity index (χ2v) is 5.21. The van der Waals surface area contributed by atoms with Crippen molar-refractivity contribution < 1.29 is 0 Å². The first-order valence-electron chi connectivity index (χ1n) is 6.26. The van der Waals surface area contributed by atoms with Crippen molar-refractivity contribution in [2.45, 2.75) is 32.2 Å². The van der Waals surface area contributed by atoms with Crippen molar-refractivity contribution in [2.75, 3.05) is 5.73 Å². The van der Waals surface area contributed by atoms with Crippen molar-refractivity contribution in [1.82, 2.24) is 9.78 Å². The molecule has 1 aliphatic carbocycles. The monoisotopic (exact) mass is 261 g/mol. The normalized spacial score (nSPS) is 18.7. The fourth-order valence-corrected chi connectivity index (χ4v) is 2.89. The zero-order valence-electron chi connectivity index (χ0n) is 10.4. The summed E-state index contributed by atoms with van der Waals surface area (Å²) in [5, 5.41) is 5.07. The Morgan fingerprint density at radius 1 is 1.39 bits per heavy atom. The summed E-state index contributed by atoms with van der Waals surface area (Å²) in [5.41, 5.74) is 9.59. The summed E-state index contributed by atoms with van der Waals surface area (Å²) in [6.45, 7) is 1.89. The standard InChI is InChI=1S/C14H16ClN3/c1-9-13(15)14(16)18(17-9)12-8-4-6-10-5-2-3-7-11(10)12/h2-3,5,7,12H,4,6,8,16H2,1H3. The Hall–Kier alpha value is -1.48. The molecule has 0 aliphatic heterocycles. The molecule has 0 spiro atoms. The van der Waals surface area contributed by atoms with Gasteiger partial charge in [-0.3, -0.25) is 0 Å². The lowest BCUT2D eigenvalue weighted by Crippen LogP contribution is -2.19. The highest BCUT2D eigenvalue weighted by Crippen LogP contribution is 2.36. The molecule has 1 atom stereocenters. The van der Waals surface area contributed by atoms with Gasteiger partial charge in [0.2, 0.25) is 0 Å². The summed E-state index contributed by atoms with van der Waals surface area (Å²) in [6.07, 6.45) is 3.37. The van der Waals surface area contributed by atoms with Gasteiger partial charge < -0.3 is 5.73 Å². The predicted octanol–water partition coefficient (Wildman–Crippen LogP) is 3.35. The summed E-state index contributed by atoms with van der Waals surface area (Å²) < 4.78 is 1.88. The zero-order chi connectivity index (χ0) is 12.7. The van der Waals surface area contributed by atoms with Gasteiger partial charge in [-0.05, 0) is 37.3 Å². The number of hydrogen-bond donors (Lipinski definition) is 1. The first-order valence-corrected chi connectivity index (χ1v) is 6.64. The number of anilines is 1. The van der Waals surface area contributed by atoms with Crippen molar-refractivity contribution >= 4 is 17.4 Å². The molecule has 0 bridgehead atoms. The van der Waals surface area contributed by atoms with Gasteiger partial charge in [-0.25, -0.2) is 4.68 Å². The van der Waals surface area contributed by atoms with E-state index in [0.29, 0.717) is 10.8 Å². The number of halogens is 1. The smallest absolute Gasteiger partial charge is 0.141 e. The van der Waals surface area contributed by atoms with Crippen molar-refractivity contribution in [3.05, 3.63) is 46.1 Å². The quantitative estimate of drug-likeness (QED) is 0.856. The summed E-state index contributed by atoms with van der Waals surface area (Å²) >= 11 is 6.14. The van der Waals surface area contributed by atoms with Gasteiger partial charge in [0.1, 0.15) is 10.8 Å². The van der Waals surface area contributed by atoms with Gasteiger partial charge in [0.05, 0.1) is 11.7 Å². The number of aromatic nitrogens is 2. The van der Waals surface area contributed by atoms with Crippen molar-refractivity contribution in [3.8, 4) is 0 Å². The van der Waals surface area contributed by atoms with Gasteiger partial charge in [0.15, 0.2) is 0 Å². The fourth-order valence-electron chi connectivity index (χ4n) is 2.77. The van der Waals surface area contributed by atoms with Gasteiger partial charge >= 0.3 is 0 Å². The van der Waals surface area contributed by atoms with E-state index in [1.54, 1.807) is 0 Å². The number of benzene rings is 1. The summed E-state index contributed by atoms with van der Waals surface area (Å²) in [7, 11) is 0. The van der Waals surface area contributed by atoms with Crippen LogP contribution in [-0.4, -0.2) is 9.78 Å². The maximum absolute atomic E-state index is 6.14. The van der Waals surface area contributed by atoms with Crippen LogP contribution in [0.4, 0.5) is 5.82 Å². The third kappa shape index (κ3) is 1.70. The van der Waals surface area contributed by atoms with E-state index in [1.807, 2.05) is 11.6 Å². The maximum Gasteiger partial charge on any atom is 0.141 e. The van der Waals surface area contributed by atoms with Crippen molar-refractivity contribution in [1.29, 1.82) is 0 Å². The average Bonchev–Trinajstić information content (AvgIpc) is 2.66. The van der Waals surface area contributed by atoms with Crippen LogP contribution in [0.2, 0.25) is 5.02 Å². The van der Waals surface area contributed by atoms with Crippen LogP contribution in [0.15, 0.2) is 24.3 Å². The lowest BCUT2D eigenvalue weighted by Gasteiger charge is -2.26. The molecular weight excluding hydrogens is 246 g/mol. The SMILES string of the molecule is Cc1nn(C2CCCc3ccccc32)c(N)c1Cl. The van der Waals surface area contributed by atoms with Crippen LogP contribution in [-0.2, 0) is 6.42 Å². The summed E-state index contributed by atoms with van der Waals surface area (Å²) in [6, 6.07) is 8.75. The molecule has 2 N–H and O–H groups in total. The molecule has 0 saturated carbocycles. The molecule has 1 heterocycles. The van der Waals surface area contributed by atoms with E-state index in [9.17, 15) is 0 Å². The molecule has 0 saturated heterocycles. The van der Waals surface area contributed by atoms with E-state index in [-0.39, 0.29) is 6.04 Å². The van der Waals surface area contributed by atoms with E-state index >= 15 is 0 Å². The van der Waals surface area contributed by atoms with Crippen LogP contribution in [0.5, 0.6) is 0 Å². The Kier molecular flexibility index (Phi) is 2.78. The van der Waals surface area contributed by atoms with Crippen LogP contribution >= 0.6 is 11.6 Å². The molecular formula is C14H16ClN3. The van der Waals surface area contributed by atoms with Gasteiger partial charge in [-0.1, -0.05) is 35.9 Å². The Morgan fingerprint density at radius 2 is 2.17 bits per heavy atom. The maximum atomic E-state index is 6.14. The van der Waals surface area contributed by atoms with Crippen LogP contribution in [0, 0.1) is 6.92 Å². The Morgan fingerprint density at radius 3 is 2.89 bits per heavy atom. The highest BCUT2D eigenvalue weighted by Gasteiger charge is 2.25. The minimum absolute atomic E-state index is 0.223. The molecule has 4 heteroatoms. The van der Waals surface area contributed by atoms with Gasteiger partial charge in [-0.15, -0.1) is 0 Å². The van der Waals surface area contributed by atoms with Crippen molar-refractivity contribution in [3.63, 3.8) is 0 Å². The first-order chi connectivity index (χ1) is 8.68. The van der Waals surface area contributed by atoms with Gasteiger partial charge in [0, 0.05) is 0 Å². The van der Waals surface area contributed by atoms with Crippen molar-refractivity contribution in [2.24, 2.45) is 0 Å². The predicted molar refractivity (Wildman–Crippen MR) is 73.9 cm³/mol.